The SMILES string of the molecule is Cc1cc(/C=N/n2cnnc2)c(C)n1-c1ccc(F)c(Cl)c1. The first-order valence-electron chi connectivity index (χ1n) is 6.59. The van der Waals surface area contributed by atoms with Gasteiger partial charge in [-0.25, -0.2) is 9.07 Å². The quantitative estimate of drug-likeness (QED) is 0.695. The van der Waals surface area contributed by atoms with Crippen LogP contribution >= 0.6 is 11.6 Å². The van der Waals surface area contributed by atoms with Crippen molar-refractivity contribution in [2.24, 2.45) is 5.10 Å². The fourth-order valence-electron chi connectivity index (χ4n) is 2.32. The molecule has 0 spiro atoms. The van der Waals surface area contributed by atoms with E-state index in [-0.39, 0.29) is 5.02 Å². The van der Waals surface area contributed by atoms with Gasteiger partial charge >= 0.3 is 0 Å². The van der Waals surface area contributed by atoms with Gasteiger partial charge in [-0.05, 0) is 38.1 Å². The van der Waals surface area contributed by atoms with Crippen molar-refractivity contribution in [3.05, 3.63) is 64.7 Å². The van der Waals surface area contributed by atoms with Crippen molar-refractivity contribution in [1.82, 2.24) is 19.4 Å². The average molecular weight is 318 g/mol. The van der Waals surface area contributed by atoms with Crippen LogP contribution in [0.15, 0.2) is 42.0 Å². The third-order valence-electron chi connectivity index (χ3n) is 3.37. The van der Waals surface area contributed by atoms with Crippen LogP contribution in [0, 0.1) is 19.7 Å². The lowest BCUT2D eigenvalue weighted by atomic mass is 10.2. The van der Waals surface area contributed by atoms with Crippen molar-refractivity contribution >= 4 is 17.8 Å². The molecule has 0 saturated heterocycles. The van der Waals surface area contributed by atoms with Crippen LogP contribution in [0.2, 0.25) is 5.02 Å². The highest BCUT2D eigenvalue weighted by Crippen LogP contribution is 2.24. The average Bonchev–Trinajstić information content (AvgIpc) is 3.09. The van der Waals surface area contributed by atoms with Gasteiger partial charge in [0, 0.05) is 22.6 Å². The van der Waals surface area contributed by atoms with E-state index in [1.165, 1.54) is 23.4 Å². The summed E-state index contributed by atoms with van der Waals surface area (Å²) >= 11 is 5.87. The lowest BCUT2D eigenvalue weighted by Gasteiger charge is -2.10. The van der Waals surface area contributed by atoms with Crippen LogP contribution in [-0.4, -0.2) is 25.7 Å². The van der Waals surface area contributed by atoms with Crippen LogP contribution in [0.3, 0.4) is 0 Å². The minimum atomic E-state index is -0.428. The molecule has 0 saturated carbocycles. The van der Waals surface area contributed by atoms with Gasteiger partial charge in [-0.2, -0.15) is 5.10 Å². The number of halogens is 2. The Balaban J connectivity index is 2.01. The molecule has 0 N–H and O–H groups in total. The molecule has 112 valence electrons. The van der Waals surface area contributed by atoms with Crippen LogP contribution in [0.1, 0.15) is 17.0 Å². The summed E-state index contributed by atoms with van der Waals surface area (Å²) in [6, 6.07) is 6.67. The topological polar surface area (TPSA) is 48.0 Å². The lowest BCUT2D eigenvalue weighted by molar-refractivity contribution is 0.627. The van der Waals surface area contributed by atoms with Crippen molar-refractivity contribution in [1.29, 1.82) is 0 Å². The highest BCUT2D eigenvalue weighted by molar-refractivity contribution is 6.30. The molecule has 0 atom stereocenters. The third kappa shape index (κ3) is 2.65. The van der Waals surface area contributed by atoms with Crippen molar-refractivity contribution in [3.8, 4) is 5.69 Å². The molecule has 0 aliphatic heterocycles. The maximum atomic E-state index is 13.3. The first kappa shape index (κ1) is 14.5. The minimum absolute atomic E-state index is 0.102. The summed E-state index contributed by atoms with van der Waals surface area (Å²) in [4.78, 5) is 0. The first-order chi connectivity index (χ1) is 10.6. The zero-order valence-electron chi connectivity index (χ0n) is 12.0. The molecule has 1 aromatic carbocycles. The number of nitrogens with zero attached hydrogens (tertiary/aromatic N) is 5. The molecule has 0 aliphatic rings. The Labute approximate surface area is 131 Å². The minimum Gasteiger partial charge on any atom is -0.318 e. The molecule has 0 bridgehead atoms. The zero-order chi connectivity index (χ0) is 15.7. The molecule has 22 heavy (non-hydrogen) atoms. The van der Waals surface area contributed by atoms with Crippen molar-refractivity contribution in [3.63, 3.8) is 0 Å². The smallest absolute Gasteiger partial charge is 0.141 e. The Morgan fingerprint density at radius 3 is 2.59 bits per heavy atom. The largest absolute Gasteiger partial charge is 0.318 e. The summed E-state index contributed by atoms with van der Waals surface area (Å²) < 4.78 is 16.8. The molecule has 3 rings (SSSR count). The number of aromatic nitrogens is 4. The molecule has 5 nitrogen and oxygen atoms in total. The molecule has 3 aromatic rings. The molecule has 7 heteroatoms. The van der Waals surface area contributed by atoms with Crippen LogP contribution < -0.4 is 0 Å². The number of aryl methyl sites for hydroxylation is 1. The second-order valence-corrected chi connectivity index (χ2v) is 5.25. The van der Waals surface area contributed by atoms with Gasteiger partial charge in [-0.3, -0.25) is 0 Å². The Bertz CT molecular complexity index is 836. The maximum Gasteiger partial charge on any atom is 0.141 e. The van der Waals surface area contributed by atoms with E-state index < -0.39 is 5.82 Å². The second kappa shape index (κ2) is 5.73. The molecule has 2 heterocycles. The molecule has 0 fully saturated rings. The van der Waals surface area contributed by atoms with Gasteiger partial charge < -0.3 is 4.57 Å². The number of hydrogen-bond acceptors (Lipinski definition) is 3. The van der Waals surface area contributed by atoms with Gasteiger partial charge in [0.05, 0.1) is 11.2 Å². The summed E-state index contributed by atoms with van der Waals surface area (Å²) in [5, 5.41) is 11.7. The van der Waals surface area contributed by atoms with Crippen molar-refractivity contribution in [2.45, 2.75) is 13.8 Å². The van der Waals surface area contributed by atoms with Gasteiger partial charge in [0.1, 0.15) is 18.5 Å². The summed E-state index contributed by atoms with van der Waals surface area (Å²) in [5.74, 6) is -0.428. The maximum absolute atomic E-state index is 13.3. The second-order valence-electron chi connectivity index (χ2n) is 4.85. The first-order valence-corrected chi connectivity index (χ1v) is 6.97. The molecule has 0 aliphatic carbocycles. The van der Waals surface area contributed by atoms with Crippen LogP contribution in [0.4, 0.5) is 4.39 Å². The van der Waals surface area contributed by atoms with Crippen LogP contribution in [-0.2, 0) is 0 Å². The van der Waals surface area contributed by atoms with E-state index in [0.717, 1.165) is 22.6 Å². The van der Waals surface area contributed by atoms with Crippen LogP contribution in [0.5, 0.6) is 0 Å². The summed E-state index contributed by atoms with van der Waals surface area (Å²) in [7, 11) is 0. The van der Waals surface area contributed by atoms with Gasteiger partial charge in [-0.15, -0.1) is 10.2 Å². The molecule has 2 aromatic heterocycles. The van der Waals surface area contributed by atoms with Gasteiger partial charge in [-0.1, -0.05) is 11.6 Å². The Morgan fingerprint density at radius 2 is 1.91 bits per heavy atom. The summed E-state index contributed by atoms with van der Waals surface area (Å²) in [5.41, 5.74) is 3.75. The third-order valence-corrected chi connectivity index (χ3v) is 3.66. The van der Waals surface area contributed by atoms with E-state index in [2.05, 4.69) is 15.3 Å². The highest BCUT2D eigenvalue weighted by Gasteiger charge is 2.11. The van der Waals surface area contributed by atoms with Crippen molar-refractivity contribution < 1.29 is 4.39 Å². The molecular weight excluding hydrogens is 305 g/mol. The Morgan fingerprint density at radius 1 is 1.18 bits per heavy atom. The van der Waals surface area contributed by atoms with Crippen molar-refractivity contribution in [2.75, 3.05) is 0 Å². The predicted octanol–water partition coefficient (Wildman–Crippen LogP) is 3.36. The van der Waals surface area contributed by atoms with Crippen LogP contribution in [0.25, 0.3) is 5.69 Å². The fraction of sp³-hybridized carbons (Fsp3) is 0.133. The summed E-state index contributed by atoms with van der Waals surface area (Å²) in [6.07, 6.45) is 4.75. The Hall–Kier alpha value is -2.47. The van der Waals surface area contributed by atoms with Gasteiger partial charge in [0.15, 0.2) is 0 Å². The van der Waals surface area contributed by atoms with Gasteiger partial charge in [0.25, 0.3) is 0 Å². The Kier molecular flexibility index (Phi) is 3.77. The number of benzene rings is 1. The van der Waals surface area contributed by atoms with E-state index in [0.29, 0.717) is 0 Å². The number of hydrogen-bond donors (Lipinski definition) is 0. The molecule has 0 unspecified atom stereocenters. The fourth-order valence-corrected chi connectivity index (χ4v) is 2.50. The standard InChI is InChI=1S/C15H13ClFN5/c1-10-5-12(7-20-21-8-18-19-9-21)11(2)22(10)13-3-4-15(17)14(16)6-13/h3-9H,1-2H3/b20-7+. The number of rotatable bonds is 3. The lowest BCUT2D eigenvalue weighted by Crippen LogP contribution is -2.00. The predicted molar refractivity (Wildman–Crippen MR) is 83.2 cm³/mol. The molecule has 0 radical (unpaired) electrons. The molecular formula is C15H13ClFN5. The monoisotopic (exact) mass is 317 g/mol. The van der Waals surface area contributed by atoms with Gasteiger partial charge in [0.2, 0.25) is 0 Å². The van der Waals surface area contributed by atoms with E-state index in [4.69, 9.17) is 11.6 Å². The van der Waals surface area contributed by atoms with E-state index >= 15 is 0 Å². The van der Waals surface area contributed by atoms with E-state index in [1.54, 1.807) is 18.3 Å². The zero-order valence-corrected chi connectivity index (χ0v) is 12.8. The normalized spacial score (nSPS) is 11.5. The van der Waals surface area contributed by atoms with E-state index in [1.807, 2.05) is 24.5 Å². The highest BCUT2D eigenvalue weighted by atomic mass is 35.5. The molecule has 0 amide bonds. The van der Waals surface area contributed by atoms with E-state index in [9.17, 15) is 4.39 Å². The summed E-state index contributed by atoms with van der Waals surface area (Å²) in [6.45, 7) is 3.94.